The average Bonchev–Trinajstić information content (AvgIpc) is 3.01. The van der Waals surface area contributed by atoms with Crippen LogP contribution in [0.2, 0.25) is 5.02 Å². The van der Waals surface area contributed by atoms with Gasteiger partial charge in [-0.3, -0.25) is 0 Å². The molecule has 4 fully saturated rings. The lowest BCUT2D eigenvalue weighted by Crippen LogP contribution is -2.55. The van der Waals surface area contributed by atoms with Crippen LogP contribution in [-0.4, -0.2) is 0 Å². The highest BCUT2D eigenvalue weighted by molar-refractivity contribution is 6.30. The lowest BCUT2D eigenvalue weighted by molar-refractivity contribution is -0.0399. The maximum absolute atomic E-state index is 6.17. The van der Waals surface area contributed by atoms with Gasteiger partial charge in [0.15, 0.2) is 0 Å². The summed E-state index contributed by atoms with van der Waals surface area (Å²) in [5.41, 5.74) is 10.5. The van der Waals surface area contributed by atoms with Crippen molar-refractivity contribution in [1.82, 2.24) is 0 Å². The van der Waals surface area contributed by atoms with Gasteiger partial charge in [0.2, 0.25) is 0 Å². The Balaban J connectivity index is 1.49. The van der Waals surface area contributed by atoms with Crippen molar-refractivity contribution in [3.63, 3.8) is 0 Å². The first-order chi connectivity index (χ1) is 14.6. The molecule has 4 bridgehead atoms. The van der Waals surface area contributed by atoms with Crippen molar-refractivity contribution < 1.29 is 0 Å². The second-order valence-corrected chi connectivity index (χ2v) is 10.9. The minimum Gasteiger partial charge on any atom is -0.0843 e. The molecule has 0 aliphatic heterocycles. The number of halogens is 1. The number of benzene rings is 3. The molecular formula is C29H27Cl. The van der Waals surface area contributed by atoms with Gasteiger partial charge in [-0.05, 0) is 114 Å². The topological polar surface area (TPSA) is 0 Å². The van der Waals surface area contributed by atoms with Gasteiger partial charge in [-0.1, -0.05) is 59.6 Å². The highest BCUT2D eigenvalue weighted by Gasteiger charge is 2.61. The van der Waals surface area contributed by atoms with E-state index in [1.54, 1.807) is 11.1 Å². The first-order valence-electron chi connectivity index (χ1n) is 11.6. The van der Waals surface area contributed by atoms with Gasteiger partial charge in [0.1, 0.15) is 0 Å². The molecule has 1 heteroatoms. The largest absolute Gasteiger partial charge is 0.0843 e. The van der Waals surface area contributed by atoms with Crippen molar-refractivity contribution in [2.24, 2.45) is 23.7 Å². The molecule has 8 rings (SSSR count). The molecule has 30 heavy (non-hydrogen) atoms. The number of aryl methyl sites for hydroxylation is 1. The Bertz CT molecular complexity index is 1140. The Morgan fingerprint density at radius 3 is 1.90 bits per heavy atom. The van der Waals surface area contributed by atoms with Crippen LogP contribution in [0.4, 0.5) is 0 Å². The highest BCUT2D eigenvalue weighted by Crippen LogP contribution is 2.69. The van der Waals surface area contributed by atoms with Gasteiger partial charge >= 0.3 is 0 Å². The van der Waals surface area contributed by atoms with Crippen LogP contribution in [-0.2, 0) is 5.41 Å². The molecule has 0 nitrogen and oxygen atoms in total. The van der Waals surface area contributed by atoms with E-state index in [2.05, 4.69) is 55.5 Å². The van der Waals surface area contributed by atoms with E-state index in [0.717, 1.165) is 28.7 Å². The van der Waals surface area contributed by atoms with Gasteiger partial charge in [-0.2, -0.15) is 0 Å². The molecule has 5 aliphatic carbocycles. The van der Waals surface area contributed by atoms with E-state index >= 15 is 0 Å². The molecule has 1 spiro atoms. The molecule has 0 atom stereocenters. The van der Waals surface area contributed by atoms with Gasteiger partial charge in [0, 0.05) is 10.4 Å². The van der Waals surface area contributed by atoms with Crippen molar-refractivity contribution in [3.8, 4) is 22.3 Å². The predicted molar refractivity (Wildman–Crippen MR) is 125 cm³/mol. The highest BCUT2D eigenvalue weighted by atomic mass is 35.5. The summed E-state index contributed by atoms with van der Waals surface area (Å²) in [4.78, 5) is 0. The second-order valence-electron chi connectivity index (χ2n) is 10.5. The van der Waals surface area contributed by atoms with E-state index in [1.807, 2.05) is 12.1 Å². The van der Waals surface area contributed by atoms with Gasteiger partial charge in [-0.25, -0.2) is 0 Å². The molecule has 0 heterocycles. The standard InChI is InChI=1S/C29H27Cl/c1-17-2-8-25-26-9-5-21(20-3-6-24(30)7-4-20)16-28(26)29(27(25)10-17)22-12-18-11-19(14-22)15-23(29)13-18/h2-10,16,18-19,22-23H,11-15H2,1H3. The molecule has 3 aromatic rings. The Kier molecular flexibility index (Phi) is 3.53. The smallest absolute Gasteiger partial charge is 0.0406 e. The molecule has 3 aromatic carbocycles. The van der Waals surface area contributed by atoms with Crippen molar-refractivity contribution >= 4 is 11.6 Å². The zero-order valence-corrected chi connectivity index (χ0v) is 18.3. The SMILES string of the molecule is Cc1ccc2c(c1)C1(c3cc(-c4ccc(Cl)cc4)ccc3-2)C2CC3CC(C2)CC1C3. The fourth-order valence-corrected chi connectivity index (χ4v) is 8.26. The van der Waals surface area contributed by atoms with Crippen LogP contribution >= 0.6 is 11.6 Å². The van der Waals surface area contributed by atoms with Crippen molar-refractivity contribution in [3.05, 3.63) is 82.4 Å². The van der Waals surface area contributed by atoms with Gasteiger partial charge in [0.25, 0.3) is 0 Å². The third-order valence-corrected chi connectivity index (χ3v) is 9.23. The summed E-state index contributed by atoms with van der Waals surface area (Å²) in [6.45, 7) is 2.27. The van der Waals surface area contributed by atoms with E-state index in [0.29, 0.717) is 0 Å². The lowest BCUT2D eigenvalue weighted by atomic mass is 9.43. The summed E-state index contributed by atoms with van der Waals surface area (Å²) in [5.74, 6) is 3.59. The van der Waals surface area contributed by atoms with Crippen LogP contribution < -0.4 is 0 Å². The molecule has 0 radical (unpaired) electrons. The van der Waals surface area contributed by atoms with Crippen molar-refractivity contribution in [2.75, 3.05) is 0 Å². The maximum atomic E-state index is 6.17. The zero-order valence-electron chi connectivity index (χ0n) is 17.5. The monoisotopic (exact) mass is 410 g/mol. The normalized spacial score (nSPS) is 32.5. The number of rotatable bonds is 1. The molecule has 0 N–H and O–H groups in total. The fraction of sp³-hybridized carbons (Fsp3) is 0.379. The number of hydrogen-bond acceptors (Lipinski definition) is 0. The van der Waals surface area contributed by atoms with Crippen LogP contribution in [0.3, 0.4) is 0 Å². The Morgan fingerprint density at radius 1 is 0.667 bits per heavy atom. The first kappa shape index (κ1) is 17.6. The molecule has 150 valence electrons. The first-order valence-corrected chi connectivity index (χ1v) is 12.0. The molecule has 5 aliphatic rings. The van der Waals surface area contributed by atoms with Crippen LogP contribution in [0.1, 0.15) is 48.8 Å². The van der Waals surface area contributed by atoms with Crippen LogP contribution in [0.5, 0.6) is 0 Å². The molecule has 4 saturated carbocycles. The minimum absolute atomic E-state index is 0.243. The van der Waals surface area contributed by atoms with Crippen LogP contribution in [0.25, 0.3) is 22.3 Å². The Morgan fingerprint density at radius 2 is 1.23 bits per heavy atom. The van der Waals surface area contributed by atoms with Gasteiger partial charge in [-0.15, -0.1) is 0 Å². The van der Waals surface area contributed by atoms with E-state index in [9.17, 15) is 0 Å². The molecule has 0 unspecified atom stereocenters. The minimum atomic E-state index is 0.243. The summed E-state index contributed by atoms with van der Waals surface area (Å²) in [6.07, 6.45) is 7.24. The Hall–Kier alpha value is -2.05. The predicted octanol–water partition coefficient (Wildman–Crippen LogP) is 8.04. The van der Waals surface area contributed by atoms with E-state index < -0.39 is 0 Å². The lowest BCUT2D eigenvalue weighted by Gasteiger charge is -2.61. The molecular weight excluding hydrogens is 384 g/mol. The number of hydrogen-bond donors (Lipinski definition) is 0. The second kappa shape index (κ2) is 6.01. The van der Waals surface area contributed by atoms with E-state index in [4.69, 9.17) is 11.6 Å². The summed E-state index contributed by atoms with van der Waals surface area (Å²) in [5, 5.41) is 0.806. The summed E-state index contributed by atoms with van der Waals surface area (Å²) >= 11 is 6.17. The number of fused-ring (bicyclic) bond motifs is 3. The van der Waals surface area contributed by atoms with Crippen LogP contribution in [0, 0.1) is 30.6 Å². The fourth-order valence-electron chi connectivity index (χ4n) is 8.13. The van der Waals surface area contributed by atoms with Crippen molar-refractivity contribution in [2.45, 2.75) is 44.4 Å². The van der Waals surface area contributed by atoms with Gasteiger partial charge in [0.05, 0.1) is 0 Å². The summed E-state index contributed by atoms with van der Waals surface area (Å²) in [6, 6.07) is 22.9. The quantitative estimate of drug-likeness (QED) is 0.380. The third kappa shape index (κ3) is 2.19. The van der Waals surface area contributed by atoms with E-state index in [-0.39, 0.29) is 5.41 Å². The maximum Gasteiger partial charge on any atom is 0.0406 e. The molecule has 0 aromatic heterocycles. The van der Waals surface area contributed by atoms with Crippen molar-refractivity contribution in [1.29, 1.82) is 0 Å². The van der Waals surface area contributed by atoms with Gasteiger partial charge < -0.3 is 0 Å². The third-order valence-electron chi connectivity index (χ3n) is 8.98. The Labute approximate surface area is 184 Å². The van der Waals surface area contributed by atoms with Crippen LogP contribution in [0.15, 0.2) is 60.7 Å². The summed E-state index contributed by atoms with van der Waals surface area (Å²) < 4.78 is 0. The summed E-state index contributed by atoms with van der Waals surface area (Å²) in [7, 11) is 0. The average molecular weight is 411 g/mol. The molecule has 0 saturated heterocycles. The molecule has 0 amide bonds. The zero-order chi connectivity index (χ0) is 20.0. The van der Waals surface area contributed by atoms with E-state index in [1.165, 1.54) is 59.9 Å².